The van der Waals surface area contributed by atoms with E-state index in [0.29, 0.717) is 16.3 Å². The van der Waals surface area contributed by atoms with Crippen LogP contribution >= 0.6 is 11.6 Å². The summed E-state index contributed by atoms with van der Waals surface area (Å²) in [6.45, 7) is 0. The number of benzene rings is 3. The molecule has 0 radical (unpaired) electrons. The Balaban J connectivity index is 1.87. The quantitative estimate of drug-likeness (QED) is 0.270. The second-order valence-electron chi connectivity index (χ2n) is 5.72. The number of anilines is 2. The first-order valence-corrected chi connectivity index (χ1v) is 8.70. The molecular weight excluding hydrogens is 360 g/mol. The first kappa shape index (κ1) is 18.4. The average Bonchev–Trinajstić information content (AvgIpc) is 2.71. The zero-order valence-electron chi connectivity index (χ0n) is 14.4. The Morgan fingerprint density at radius 3 is 1.96 bits per heavy atom. The first-order valence-electron chi connectivity index (χ1n) is 8.32. The van der Waals surface area contributed by atoms with Crippen LogP contribution in [0.1, 0.15) is 10.4 Å². The van der Waals surface area contributed by atoms with E-state index >= 15 is 0 Å². The van der Waals surface area contributed by atoms with Crippen LogP contribution in [0.3, 0.4) is 0 Å². The molecular formula is C22H17ClN2O2. The normalized spacial score (nSPS) is 10.9. The number of halogens is 1. The van der Waals surface area contributed by atoms with Gasteiger partial charge in [-0.05, 0) is 36.4 Å². The zero-order chi connectivity index (χ0) is 19.1. The van der Waals surface area contributed by atoms with E-state index in [0.717, 1.165) is 5.69 Å². The van der Waals surface area contributed by atoms with E-state index in [1.54, 1.807) is 48.5 Å². The Bertz CT molecular complexity index is 953. The maximum atomic E-state index is 12.9. The number of carbonyl (C=O) groups is 2. The van der Waals surface area contributed by atoms with Gasteiger partial charge in [0.05, 0.1) is 0 Å². The van der Waals surface area contributed by atoms with Crippen molar-refractivity contribution in [2.45, 2.75) is 0 Å². The van der Waals surface area contributed by atoms with Crippen molar-refractivity contribution in [2.75, 3.05) is 10.6 Å². The van der Waals surface area contributed by atoms with Crippen molar-refractivity contribution in [3.05, 3.63) is 107 Å². The summed E-state index contributed by atoms with van der Waals surface area (Å²) < 4.78 is 0. The molecule has 0 unspecified atom stereocenters. The van der Waals surface area contributed by atoms with Crippen molar-refractivity contribution in [3.8, 4) is 0 Å². The molecule has 3 rings (SSSR count). The fourth-order valence-electron chi connectivity index (χ4n) is 2.40. The summed E-state index contributed by atoms with van der Waals surface area (Å²) in [4.78, 5) is 25.6. The molecule has 0 spiro atoms. The Kier molecular flexibility index (Phi) is 6.02. The lowest BCUT2D eigenvalue weighted by Gasteiger charge is -2.10. The van der Waals surface area contributed by atoms with Crippen molar-refractivity contribution < 1.29 is 9.59 Å². The van der Waals surface area contributed by atoms with Crippen molar-refractivity contribution in [2.24, 2.45) is 0 Å². The Morgan fingerprint density at radius 1 is 0.741 bits per heavy atom. The molecule has 0 aliphatic rings. The minimum atomic E-state index is -0.505. The highest BCUT2D eigenvalue weighted by Gasteiger charge is 2.20. The lowest BCUT2D eigenvalue weighted by molar-refractivity contribution is -0.112. The van der Waals surface area contributed by atoms with Crippen LogP contribution in [-0.2, 0) is 4.79 Å². The molecule has 0 heterocycles. The molecule has 134 valence electrons. The van der Waals surface area contributed by atoms with Crippen LogP contribution in [0, 0.1) is 0 Å². The fraction of sp³-hybridized carbons (Fsp3) is 0. The van der Waals surface area contributed by atoms with Crippen LogP contribution in [0.25, 0.3) is 0 Å². The molecule has 5 heteroatoms. The number of para-hydroxylation sites is 1. The summed E-state index contributed by atoms with van der Waals surface area (Å²) in [7, 11) is 0. The third-order valence-corrected chi connectivity index (χ3v) is 4.04. The second kappa shape index (κ2) is 8.83. The minimum absolute atomic E-state index is 0.00000283. The van der Waals surface area contributed by atoms with Gasteiger partial charge in [0.25, 0.3) is 5.91 Å². The molecule has 3 aromatic carbocycles. The van der Waals surface area contributed by atoms with Gasteiger partial charge >= 0.3 is 0 Å². The van der Waals surface area contributed by atoms with Crippen LogP contribution in [-0.4, -0.2) is 11.7 Å². The van der Waals surface area contributed by atoms with Crippen LogP contribution in [0.4, 0.5) is 11.4 Å². The molecule has 0 aliphatic carbocycles. The van der Waals surface area contributed by atoms with Crippen molar-refractivity contribution >= 4 is 34.7 Å². The number of Topliss-reactive ketones (excluding diaryl/α,β-unsaturated/α-hetero) is 1. The Labute approximate surface area is 162 Å². The number of rotatable bonds is 6. The molecule has 4 nitrogen and oxygen atoms in total. The van der Waals surface area contributed by atoms with E-state index in [9.17, 15) is 9.59 Å². The highest BCUT2D eigenvalue weighted by atomic mass is 35.5. The molecule has 0 saturated heterocycles. The summed E-state index contributed by atoms with van der Waals surface area (Å²) in [6.07, 6.45) is 1.43. The van der Waals surface area contributed by atoms with Gasteiger partial charge < -0.3 is 10.6 Å². The van der Waals surface area contributed by atoms with Gasteiger partial charge in [-0.15, -0.1) is 0 Å². The number of amides is 1. The van der Waals surface area contributed by atoms with Gasteiger partial charge in [0.15, 0.2) is 5.78 Å². The van der Waals surface area contributed by atoms with Crippen molar-refractivity contribution in [1.82, 2.24) is 0 Å². The largest absolute Gasteiger partial charge is 0.361 e. The predicted molar refractivity (Wildman–Crippen MR) is 109 cm³/mol. The van der Waals surface area contributed by atoms with Crippen LogP contribution in [0.2, 0.25) is 5.02 Å². The topological polar surface area (TPSA) is 58.2 Å². The molecule has 0 atom stereocenters. The molecule has 0 saturated carbocycles. The molecule has 0 fully saturated rings. The first-order chi connectivity index (χ1) is 13.1. The van der Waals surface area contributed by atoms with E-state index in [1.165, 1.54) is 6.20 Å². The van der Waals surface area contributed by atoms with E-state index in [4.69, 9.17) is 11.6 Å². The summed E-state index contributed by atoms with van der Waals surface area (Å²) in [5, 5.41) is 6.30. The molecule has 27 heavy (non-hydrogen) atoms. The van der Waals surface area contributed by atoms with Gasteiger partial charge in [0.1, 0.15) is 5.57 Å². The molecule has 0 aromatic heterocycles. The Hall–Kier alpha value is -3.37. The number of hydrogen-bond acceptors (Lipinski definition) is 3. The maximum Gasteiger partial charge on any atom is 0.261 e. The third kappa shape index (κ3) is 5.06. The van der Waals surface area contributed by atoms with E-state index in [2.05, 4.69) is 10.6 Å². The second-order valence-corrected chi connectivity index (χ2v) is 6.16. The number of hydrogen-bond donors (Lipinski definition) is 2. The van der Waals surface area contributed by atoms with Gasteiger partial charge in [-0.25, -0.2) is 0 Å². The molecule has 0 bridgehead atoms. The highest BCUT2D eigenvalue weighted by molar-refractivity contribution is 6.31. The Morgan fingerprint density at radius 2 is 1.33 bits per heavy atom. The molecule has 0 aliphatic heterocycles. The third-order valence-electron chi connectivity index (χ3n) is 3.78. The van der Waals surface area contributed by atoms with Gasteiger partial charge in [-0.3, -0.25) is 9.59 Å². The summed E-state index contributed by atoms with van der Waals surface area (Å²) in [6, 6.07) is 24.7. The lowest BCUT2D eigenvalue weighted by Crippen LogP contribution is -2.21. The average molecular weight is 377 g/mol. The maximum absolute atomic E-state index is 12.9. The fourth-order valence-corrected chi connectivity index (χ4v) is 2.53. The summed E-state index contributed by atoms with van der Waals surface area (Å²) in [5.41, 5.74) is 1.76. The van der Waals surface area contributed by atoms with Gasteiger partial charge in [0.2, 0.25) is 0 Å². The molecule has 1 amide bonds. The van der Waals surface area contributed by atoms with Gasteiger partial charge in [-0.2, -0.15) is 0 Å². The van der Waals surface area contributed by atoms with E-state index in [-0.39, 0.29) is 11.4 Å². The van der Waals surface area contributed by atoms with Crippen LogP contribution < -0.4 is 10.6 Å². The van der Waals surface area contributed by atoms with Crippen LogP contribution in [0.5, 0.6) is 0 Å². The molecule has 2 N–H and O–H groups in total. The minimum Gasteiger partial charge on any atom is -0.361 e. The van der Waals surface area contributed by atoms with E-state index < -0.39 is 5.91 Å². The zero-order valence-corrected chi connectivity index (χ0v) is 15.1. The van der Waals surface area contributed by atoms with Crippen molar-refractivity contribution in [1.29, 1.82) is 0 Å². The standard InChI is InChI=1S/C22H17ClN2O2/c23-17-11-13-19(14-12-17)25-22(27)20(15-24-18-9-5-2-6-10-18)21(26)16-7-3-1-4-8-16/h1-15,24H,(H,25,27). The summed E-state index contributed by atoms with van der Waals surface area (Å²) >= 11 is 5.87. The molecule has 3 aromatic rings. The van der Waals surface area contributed by atoms with E-state index in [1.807, 2.05) is 36.4 Å². The number of carbonyl (C=O) groups excluding carboxylic acids is 2. The SMILES string of the molecule is O=C(Nc1ccc(Cl)cc1)C(=CNc1ccccc1)C(=O)c1ccccc1. The van der Waals surface area contributed by atoms with Gasteiger partial charge in [0, 0.05) is 28.2 Å². The predicted octanol–water partition coefficient (Wildman–Crippen LogP) is 5.16. The highest BCUT2D eigenvalue weighted by Crippen LogP contribution is 2.16. The van der Waals surface area contributed by atoms with Gasteiger partial charge in [-0.1, -0.05) is 60.1 Å². The van der Waals surface area contributed by atoms with Crippen LogP contribution in [0.15, 0.2) is 96.7 Å². The number of ketones is 1. The van der Waals surface area contributed by atoms with Crippen molar-refractivity contribution in [3.63, 3.8) is 0 Å². The smallest absolute Gasteiger partial charge is 0.261 e. The summed E-state index contributed by atoms with van der Waals surface area (Å²) in [5.74, 6) is -0.875. The lowest BCUT2D eigenvalue weighted by atomic mass is 10.0. The number of nitrogens with one attached hydrogen (secondary N) is 2. The monoisotopic (exact) mass is 376 g/mol.